The van der Waals surface area contributed by atoms with Crippen LogP contribution in [-0.4, -0.2) is 72.8 Å². The highest BCUT2D eigenvalue weighted by Gasteiger charge is 2.37. The summed E-state index contributed by atoms with van der Waals surface area (Å²) in [6.45, 7) is 1.39. The Bertz CT molecular complexity index is 1260. The van der Waals surface area contributed by atoms with E-state index in [9.17, 15) is 19.2 Å². The number of esters is 1. The molecule has 2 aliphatic rings. The molecule has 0 unspecified atom stereocenters. The molecule has 2 fully saturated rings. The minimum Gasteiger partial charge on any atom is -0.493 e. The van der Waals surface area contributed by atoms with Crippen molar-refractivity contribution in [3.8, 4) is 11.5 Å². The van der Waals surface area contributed by atoms with E-state index in [2.05, 4.69) is 31.9 Å². The van der Waals surface area contributed by atoms with Gasteiger partial charge in [0.25, 0.3) is 11.1 Å². The summed E-state index contributed by atoms with van der Waals surface area (Å²) >= 11 is 7.48. The number of rotatable bonds is 6. The van der Waals surface area contributed by atoms with Gasteiger partial charge in [-0.1, -0.05) is 12.1 Å². The predicted molar refractivity (Wildman–Crippen MR) is 140 cm³/mol. The van der Waals surface area contributed by atoms with Crippen LogP contribution < -0.4 is 9.47 Å². The van der Waals surface area contributed by atoms with E-state index >= 15 is 0 Å². The van der Waals surface area contributed by atoms with Crippen LogP contribution in [0.25, 0.3) is 6.08 Å². The molecule has 3 amide bonds. The molecule has 36 heavy (non-hydrogen) atoms. The molecule has 0 spiro atoms. The van der Waals surface area contributed by atoms with Gasteiger partial charge in [0.15, 0.2) is 11.5 Å². The van der Waals surface area contributed by atoms with E-state index in [0.29, 0.717) is 46.4 Å². The molecule has 0 bridgehead atoms. The number of carbonyl (C=O) groups is 4. The third-order valence-corrected chi connectivity index (χ3v) is 7.56. The lowest BCUT2D eigenvalue weighted by Crippen LogP contribution is -2.46. The lowest BCUT2D eigenvalue weighted by Gasteiger charge is -2.28. The lowest BCUT2D eigenvalue weighted by atomic mass is 10.1. The van der Waals surface area contributed by atoms with E-state index in [-0.39, 0.29) is 28.9 Å². The first-order chi connectivity index (χ1) is 17.3. The summed E-state index contributed by atoms with van der Waals surface area (Å²) in [7, 11) is 1.42. The number of nitrogens with zero attached hydrogens (tertiary/aromatic N) is 2. The summed E-state index contributed by atoms with van der Waals surface area (Å²) in [5.74, 6) is -1.02. The molecule has 0 aliphatic carbocycles. The Kier molecular flexibility index (Phi) is 8.50. The minimum atomic E-state index is -0.583. The molecule has 12 heteroatoms. The summed E-state index contributed by atoms with van der Waals surface area (Å²) < 4.78 is 17.2. The third-order valence-electron chi connectivity index (χ3n) is 5.37. The van der Waals surface area contributed by atoms with E-state index in [4.69, 9.17) is 14.2 Å². The first kappa shape index (κ1) is 26.4. The maximum Gasteiger partial charge on any atom is 0.344 e. The Morgan fingerprint density at radius 2 is 1.83 bits per heavy atom. The average Bonchev–Trinajstić information content (AvgIpc) is 3.13. The summed E-state index contributed by atoms with van der Waals surface area (Å²) in [6.07, 6.45) is 1.52. The minimum absolute atomic E-state index is 0.166. The van der Waals surface area contributed by atoms with Crippen LogP contribution in [0.2, 0.25) is 0 Å². The highest BCUT2D eigenvalue weighted by atomic mass is 79.9. The second-order valence-electron chi connectivity index (χ2n) is 7.66. The molecule has 0 radical (unpaired) electrons. The van der Waals surface area contributed by atoms with Crippen molar-refractivity contribution in [2.24, 2.45) is 0 Å². The number of amides is 3. The number of morpholine rings is 1. The highest BCUT2D eigenvalue weighted by molar-refractivity contribution is 9.10. The highest BCUT2D eigenvalue weighted by Crippen LogP contribution is 2.39. The quantitative estimate of drug-likeness (QED) is 0.261. The van der Waals surface area contributed by atoms with Crippen molar-refractivity contribution in [2.75, 3.05) is 40.0 Å². The monoisotopic (exact) mass is 638 g/mol. The molecule has 0 aromatic heterocycles. The molecule has 188 valence electrons. The molecule has 0 N–H and O–H groups in total. The largest absolute Gasteiger partial charge is 0.493 e. The Morgan fingerprint density at radius 1 is 1.11 bits per heavy atom. The zero-order valence-corrected chi connectivity index (χ0v) is 23.0. The van der Waals surface area contributed by atoms with Gasteiger partial charge < -0.3 is 19.1 Å². The molecule has 9 nitrogen and oxygen atoms in total. The van der Waals surface area contributed by atoms with Crippen molar-refractivity contribution in [3.05, 3.63) is 61.4 Å². The van der Waals surface area contributed by atoms with E-state index in [1.165, 1.54) is 13.2 Å². The van der Waals surface area contributed by atoms with Gasteiger partial charge in [-0.15, -0.1) is 0 Å². The zero-order chi connectivity index (χ0) is 25.8. The number of methoxy groups -OCH3 is 1. The smallest absolute Gasteiger partial charge is 0.344 e. The van der Waals surface area contributed by atoms with Crippen LogP contribution in [0.1, 0.15) is 15.9 Å². The maximum absolute atomic E-state index is 12.9. The number of hydrogen-bond acceptors (Lipinski definition) is 8. The first-order valence-corrected chi connectivity index (χ1v) is 13.1. The van der Waals surface area contributed by atoms with Crippen molar-refractivity contribution in [3.63, 3.8) is 0 Å². The molecular weight excluding hydrogens is 620 g/mol. The van der Waals surface area contributed by atoms with Gasteiger partial charge in [0.2, 0.25) is 5.91 Å². The van der Waals surface area contributed by atoms with Gasteiger partial charge in [-0.3, -0.25) is 19.3 Å². The van der Waals surface area contributed by atoms with Crippen LogP contribution >= 0.6 is 43.6 Å². The number of thioether (sulfide) groups is 1. The zero-order valence-electron chi connectivity index (χ0n) is 19.0. The van der Waals surface area contributed by atoms with Crippen LogP contribution in [0.5, 0.6) is 11.5 Å². The normalized spacial score (nSPS) is 17.0. The predicted octanol–water partition coefficient (Wildman–Crippen LogP) is 4.33. The molecule has 2 saturated heterocycles. The summed E-state index contributed by atoms with van der Waals surface area (Å²) in [5, 5.41) is -0.516. The molecular formula is C24H20Br2N2O7S. The van der Waals surface area contributed by atoms with Crippen LogP contribution in [0.15, 0.2) is 50.2 Å². The second kappa shape index (κ2) is 11.6. The Hall–Kier alpha value is -2.67. The van der Waals surface area contributed by atoms with Crippen LogP contribution in [0.4, 0.5) is 4.79 Å². The maximum atomic E-state index is 12.9. The number of benzene rings is 2. The molecule has 2 aliphatic heterocycles. The number of hydrogen-bond donors (Lipinski definition) is 0. The first-order valence-electron chi connectivity index (χ1n) is 10.7. The average molecular weight is 640 g/mol. The van der Waals surface area contributed by atoms with Gasteiger partial charge in [-0.2, -0.15) is 0 Å². The Labute approximate surface area is 228 Å². The molecule has 0 saturated carbocycles. The topological polar surface area (TPSA) is 102 Å². The van der Waals surface area contributed by atoms with Gasteiger partial charge in [-0.05, 0) is 79.5 Å². The van der Waals surface area contributed by atoms with E-state index in [1.807, 2.05) is 0 Å². The van der Waals surface area contributed by atoms with Crippen molar-refractivity contribution in [1.29, 1.82) is 0 Å². The Morgan fingerprint density at radius 3 is 2.53 bits per heavy atom. The second-order valence-corrected chi connectivity index (χ2v) is 10.4. The number of ether oxygens (including phenoxy) is 3. The van der Waals surface area contributed by atoms with Crippen LogP contribution in [0.3, 0.4) is 0 Å². The number of carbonyl (C=O) groups excluding carboxylic acids is 4. The fourth-order valence-corrected chi connectivity index (χ4v) is 5.36. The van der Waals surface area contributed by atoms with E-state index in [0.717, 1.165) is 16.7 Å². The van der Waals surface area contributed by atoms with Crippen molar-refractivity contribution < 1.29 is 33.4 Å². The van der Waals surface area contributed by atoms with Gasteiger partial charge in [-0.25, -0.2) is 4.79 Å². The van der Waals surface area contributed by atoms with Gasteiger partial charge in [0, 0.05) is 17.6 Å². The molecule has 2 aromatic carbocycles. The molecule has 4 rings (SSSR count). The number of imide groups is 1. The summed E-state index contributed by atoms with van der Waals surface area (Å²) in [5.41, 5.74) is 0.875. The van der Waals surface area contributed by atoms with Crippen molar-refractivity contribution >= 4 is 72.7 Å². The van der Waals surface area contributed by atoms with E-state index < -0.39 is 17.1 Å². The van der Waals surface area contributed by atoms with Crippen molar-refractivity contribution in [2.45, 2.75) is 0 Å². The summed E-state index contributed by atoms with van der Waals surface area (Å²) in [4.78, 5) is 53.2. The van der Waals surface area contributed by atoms with E-state index in [1.54, 1.807) is 41.3 Å². The van der Waals surface area contributed by atoms with Gasteiger partial charge >= 0.3 is 5.97 Å². The fourth-order valence-electron chi connectivity index (χ4n) is 3.53. The van der Waals surface area contributed by atoms with Gasteiger partial charge in [0.05, 0.1) is 35.3 Å². The third kappa shape index (κ3) is 5.83. The van der Waals surface area contributed by atoms with Crippen molar-refractivity contribution in [1.82, 2.24) is 9.80 Å². The van der Waals surface area contributed by atoms with Crippen LogP contribution in [0, 0.1) is 0 Å². The van der Waals surface area contributed by atoms with Gasteiger partial charge in [0.1, 0.15) is 6.54 Å². The lowest BCUT2D eigenvalue weighted by molar-refractivity contribution is -0.139. The molecule has 2 aromatic rings. The fraction of sp³-hybridized carbons (Fsp3) is 0.250. The SMILES string of the molecule is COc1cc(/C=C2\SC(=O)N(CC(=O)N3CCOCC3)C2=O)cc(Br)c1OC(=O)c1ccccc1Br. The molecule has 2 heterocycles. The molecule has 0 atom stereocenters. The number of halogens is 2. The summed E-state index contributed by atoms with van der Waals surface area (Å²) in [6, 6.07) is 10.1. The Balaban J connectivity index is 1.52. The van der Waals surface area contributed by atoms with Crippen LogP contribution in [-0.2, 0) is 14.3 Å². The standard InChI is InChI=1S/C24H20Br2N2O7S/c1-33-18-11-14(10-17(26)21(18)35-23(31)15-4-2-3-5-16(15)25)12-19-22(30)28(24(32)36-19)13-20(29)27-6-8-34-9-7-27/h2-5,10-12H,6-9,13H2,1H3/b19-12-.